The van der Waals surface area contributed by atoms with Crippen molar-refractivity contribution in [2.24, 2.45) is 4.99 Å². The lowest BCUT2D eigenvalue weighted by Gasteiger charge is -2.13. The zero-order valence-electron chi connectivity index (χ0n) is 16.0. The standard InChI is InChI=1S/C17H30N4O3S.HI/c1-5-11-24-16-12-14(3)7-8-15(16)13-20-17(18-6-2)19-9-10-21-25(4,22)23;/h7-8,12,21H,5-6,9-11,13H2,1-4H3,(H2,18,19,20);1H. The zero-order valence-corrected chi connectivity index (χ0v) is 19.1. The quantitative estimate of drug-likeness (QED) is 0.199. The highest BCUT2D eigenvalue weighted by molar-refractivity contribution is 14.0. The van der Waals surface area contributed by atoms with Gasteiger partial charge >= 0.3 is 0 Å². The number of guanidine groups is 1. The maximum absolute atomic E-state index is 11.1. The lowest BCUT2D eigenvalue weighted by molar-refractivity contribution is 0.314. The summed E-state index contributed by atoms with van der Waals surface area (Å²) >= 11 is 0. The number of rotatable bonds is 10. The van der Waals surface area contributed by atoms with E-state index in [4.69, 9.17) is 4.74 Å². The van der Waals surface area contributed by atoms with E-state index in [1.54, 1.807) is 0 Å². The van der Waals surface area contributed by atoms with Crippen molar-refractivity contribution < 1.29 is 13.2 Å². The molecule has 1 aromatic carbocycles. The number of aryl methyl sites for hydroxylation is 1. The number of ether oxygens (including phenoxy) is 1. The summed E-state index contributed by atoms with van der Waals surface area (Å²) < 4.78 is 30.4. The third-order valence-corrected chi connectivity index (χ3v) is 3.95. The summed E-state index contributed by atoms with van der Waals surface area (Å²) in [4.78, 5) is 4.55. The lowest BCUT2D eigenvalue weighted by Crippen LogP contribution is -2.41. The number of hydrogen-bond acceptors (Lipinski definition) is 4. The summed E-state index contributed by atoms with van der Waals surface area (Å²) in [5.41, 5.74) is 2.17. The largest absolute Gasteiger partial charge is 0.493 e. The van der Waals surface area contributed by atoms with Crippen LogP contribution in [-0.2, 0) is 16.6 Å². The molecule has 0 saturated heterocycles. The van der Waals surface area contributed by atoms with E-state index in [1.165, 1.54) is 0 Å². The molecule has 1 aromatic rings. The molecule has 0 aliphatic heterocycles. The van der Waals surface area contributed by atoms with Gasteiger partial charge in [-0.3, -0.25) is 0 Å². The molecule has 0 unspecified atom stereocenters. The van der Waals surface area contributed by atoms with Crippen LogP contribution >= 0.6 is 24.0 Å². The van der Waals surface area contributed by atoms with Crippen LogP contribution in [-0.4, -0.2) is 46.9 Å². The van der Waals surface area contributed by atoms with E-state index in [9.17, 15) is 8.42 Å². The van der Waals surface area contributed by atoms with Gasteiger partial charge in [0.2, 0.25) is 10.0 Å². The summed E-state index contributed by atoms with van der Waals surface area (Å²) in [5.74, 6) is 1.50. The van der Waals surface area contributed by atoms with E-state index in [0.29, 0.717) is 32.2 Å². The van der Waals surface area contributed by atoms with E-state index in [2.05, 4.69) is 27.3 Å². The second kappa shape index (κ2) is 13.2. The maximum Gasteiger partial charge on any atom is 0.208 e. The third-order valence-electron chi connectivity index (χ3n) is 3.22. The van der Waals surface area contributed by atoms with E-state index in [0.717, 1.165) is 36.1 Å². The molecule has 0 aliphatic rings. The minimum absolute atomic E-state index is 0. The van der Waals surface area contributed by atoms with Crippen LogP contribution in [0.5, 0.6) is 5.75 Å². The average Bonchev–Trinajstić information content (AvgIpc) is 2.54. The van der Waals surface area contributed by atoms with Crippen molar-refractivity contribution in [1.29, 1.82) is 0 Å². The zero-order chi connectivity index (χ0) is 18.7. The SMILES string of the molecule is CCCOc1cc(C)ccc1CN=C(NCC)NCCNS(C)(=O)=O.I. The summed E-state index contributed by atoms with van der Waals surface area (Å²) in [6.45, 7) is 8.72. The van der Waals surface area contributed by atoms with Gasteiger partial charge in [0.25, 0.3) is 0 Å². The van der Waals surface area contributed by atoms with E-state index < -0.39 is 10.0 Å². The van der Waals surface area contributed by atoms with E-state index in [1.807, 2.05) is 32.0 Å². The van der Waals surface area contributed by atoms with Crippen molar-refractivity contribution in [2.45, 2.75) is 33.7 Å². The van der Waals surface area contributed by atoms with Crippen LogP contribution in [0.2, 0.25) is 0 Å². The molecule has 9 heteroatoms. The predicted molar refractivity (Wildman–Crippen MR) is 118 cm³/mol. The molecule has 0 spiro atoms. The first kappa shape index (κ1) is 24.9. The van der Waals surface area contributed by atoms with Gasteiger partial charge in [0.05, 0.1) is 19.4 Å². The molecule has 0 bridgehead atoms. The van der Waals surface area contributed by atoms with Crippen LogP contribution in [0.4, 0.5) is 0 Å². The topological polar surface area (TPSA) is 91.8 Å². The minimum atomic E-state index is -3.18. The smallest absolute Gasteiger partial charge is 0.208 e. The Hall–Kier alpha value is -1.07. The highest BCUT2D eigenvalue weighted by atomic mass is 127. The Labute approximate surface area is 174 Å². The number of sulfonamides is 1. The second-order valence-electron chi connectivity index (χ2n) is 5.75. The van der Waals surface area contributed by atoms with Crippen LogP contribution in [0, 0.1) is 6.92 Å². The van der Waals surface area contributed by atoms with Gasteiger partial charge in [-0.25, -0.2) is 18.1 Å². The lowest BCUT2D eigenvalue weighted by atomic mass is 10.1. The molecule has 0 heterocycles. The Bertz CT molecular complexity index is 666. The molecule has 0 radical (unpaired) electrons. The summed E-state index contributed by atoms with van der Waals surface area (Å²) in [7, 11) is -3.18. The van der Waals surface area contributed by atoms with Crippen molar-refractivity contribution in [3.63, 3.8) is 0 Å². The first-order valence-corrected chi connectivity index (χ1v) is 10.4. The molecule has 0 fully saturated rings. The fraction of sp³-hybridized carbons (Fsp3) is 0.588. The van der Waals surface area contributed by atoms with Gasteiger partial charge in [-0.2, -0.15) is 0 Å². The number of nitrogens with one attached hydrogen (secondary N) is 3. The molecule has 0 aromatic heterocycles. The van der Waals surface area contributed by atoms with E-state index in [-0.39, 0.29) is 24.0 Å². The van der Waals surface area contributed by atoms with Crippen molar-refractivity contribution in [3.05, 3.63) is 29.3 Å². The summed E-state index contributed by atoms with van der Waals surface area (Å²) in [6.07, 6.45) is 2.09. The molecule has 1 rings (SSSR count). The van der Waals surface area contributed by atoms with Crippen LogP contribution in [0.1, 0.15) is 31.4 Å². The monoisotopic (exact) mass is 498 g/mol. The number of halogens is 1. The normalized spacial score (nSPS) is 11.6. The average molecular weight is 498 g/mol. The highest BCUT2D eigenvalue weighted by Gasteiger charge is 2.05. The number of benzene rings is 1. The first-order valence-electron chi connectivity index (χ1n) is 8.54. The fourth-order valence-corrected chi connectivity index (χ4v) is 2.53. The number of nitrogens with zero attached hydrogens (tertiary/aromatic N) is 1. The Morgan fingerprint density at radius 3 is 2.54 bits per heavy atom. The molecular weight excluding hydrogens is 467 g/mol. The van der Waals surface area contributed by atoms with E-state index >= 15 is 0 Å². The molecule has 3 N–H and O–H groups in total. The maximum atomic E-state index is 11.1. The van der Waals surface area contributed by atoms with Crippen LogP contribution in [0.3, 0.4) is 0 Å². The Morgan fingerprint density at radius 1 is 1.19 bits per heavy atom. The van der Waals surface area contributed by atoms with Gasteiger partial charge < -0.3 is 15.4 Å². The van der Waals surface area contributed by atoms with Crippen LogP contribution in [0.25, 0.3) is 0 Å². The van der Waals surface area contributed by atoms with Crippen molar-refractivity contribution in [3.8, 4) is 5.75 Å². The molecule has 0 amide bonds. The highest BCUT2D eigenvalue weighted by Crippen LogP contribution is 2.21. The fourth-order valence-electron chi connectivity index (χ4n) is 2.06. The van der Waals surface area contributed by atoms with Crippen LogP contribution in [0.15, 0.2) is 23.2 Å². The third kappa shape index (κ3) is 10.8. The first-order chi connectivity index (χ1) is 11.9. The van der Waals surface area contributed by atoms with Gasteiger partial charge in [0, 0.05) is 25.2 Å². The molecule has 7 nitrogen and oxygen atoms in total. The minimum Gasteiger partial charge on any atom is -0.493 e. The van der Waals surface area contributed by atoms with Crippen molar-refractivity contribution in [2.75, 3.05) is 32.5 Å². The second-order valence-corrected chi connectivity index (χ2v) is 7.58. The molecule has 0 aliphatic carbocycles. The molecular formula is C17H31IN4O3S. The summed E-state index contributed by atoms with van der Waals surface area (Å²) in [5, 5.41) is 6.25. The van der Waals surface area contributed by atoms with Crippen molar-refractivity contribution in [1.82, 2.24) is 15.4 Å². The molecule has 0 atom stereocenters. The van der Waals surface area contributed by atoms with Gasteiger partial charge in [-0.1, -0.05) is 19.1 Å². The molecule has 0 saturated carbocycles. The number of hydrogen-bond donors (Lipinski definition) is 3. The molecule has 150 valence electrons. The van der Waals surface area contributed by atoms with Gasteiger partial charge in [-0.05, 0) is 31.9 Å². The van der Waals surface area contributed by atoms with Gasteiger partial charge in [0.1, 0.15) is 5.75 Å². The van der Waals surface area contributed by atoms with Crippen LogP contribution < -0.4 is 20.1 Å². The van der Waals surface area contributed by atoms with Gasteiger partial charge in [-0.15, -0.1) is 24.0 Å². The molecule has 26 heavy (non-hydrogen) atoms. The predicted octanol–water partition coefficient (Wildman–Crippen LogP) is 2.01. The number of aliphatic imine (C=N–C) groups is 1. The Balaban J connectivity index is 0.00000625. The van der Waals surface area contributed by atoms with Crippen molar-refractivity contribution >= 4 is 40.0 Å². The summed E-state index contributed by atoms with van der Waals surface area (Å²) in [6, 6.07) is 6.09. The Kier molecular flexibility index (Phi) is 12.6. The Morgan fingerprint density at radius 2 is 1.92 bits per heavy atom. The van der Waals surface area contributed by atoms with Gasteiger partial charge in [0.15, 0.2) is 5.96 Å².